The molecule has 0 bridgehead atoms. The van der Waals surface area contributed by atoms with Crippen LogP contribution in [0.3, 0.4) is 0 Å². The highest BCUT2D eigenvalue weighted by atomic mass is 35.5. The minimum absolute atomic E-state index is 0.0771. The summed E-state index contributed by atoms with van der Waals surface area (Å²) in [5.41, 5.74) is 7.34. The van der Waals surface area contributed by atoms with Crippen molar-refractivity contribution in [2.45, 2.75) is 6.42 Å². The Balaban J connectivity index is 1.51. The van der Waals surface area contributed by atoms with Crippen molar-refractivity contribution in [1.82, 2.24) is 4.90 Å². The Kier molecular flexibility index (Phi) is 5.75. The molecule has 1 aliphatic heterocycles. The molecule has 3 N–H and O–H groups in total. The number of fused-ring (bicyclic) bond motifs is 1. The van der Waals surface area contributed by atoms with E-state index in [1.165, 1.54) is 41.3 Å². The van der Waals surface area contributed by atoms with E-state index in [9.17, 15) is 19.2 Å². The topological polar surface area (TPSA) is 110 Å². The van der Waals surface area contributed by atoms with Crippen LogP contribution in [0, 0.1) is 0 Å². The first kappa shape index (κ1) is 21.3. The van der Waals surface area contributed by atoms with Gasteiger partial charge in [0.15, 0.2) is 0 Å². The summed E-state index contributed by atoms with van der Waals surface area (Å²) in [6.45, 7) is 0.249. The number of halogens is 1. The van der Waals surface area contributed by atoms with E-state index >= 15 is 0 Å². The Bertz CT molecular complexity index is 1260. The number of anilines is 1. The molecule has 1 heterocycles. The van der Waals surface area contributed by atoms with Gasteiger partial charge in [-0.2, -0.15) is 0 Å². The minimum atomic E-state index is -0.719. The van der Waals surface area contributed by atoms with E-state index in [4.69, 9.17) is 17.3 Å². The van der Waals surface area contributed by atoms with Gasteiger partial charge in [0, 0.05) is 17.8 Å². The molecule has 0 fully saturated rings. The lowest BCUT2D eigenvalue weighted by molar-refractivity contribution is 0.0655. The molecule has 3 aromatic rings. The highest BCUT2D eigenvalue weighted by Gasteiger charge is 2.35. The lowest BCUT2D eigenvalue weighted by atomic mass is 10.1. The van der Waals surface area contributed by atoms with Gasteiger partial charge in [-0.25, -0.2) is 0 Å². The molecular weight excluding hydrogens is 430 g/mol. The number of nitrogens with zero attached hydrogens (tertiary/aromatic N) is 1. The van der Waals surface area contributed by atoms with Crippen LogP contribution in [0.2, 0.25) is 5.02 Å². The van der Waals surface area contributed by atoms with Gasteiger partial charge in [-0.1, -0.05) is 41.9 Å². The number of rotatable bonds is 6. The highest BCUT2D eigenvalue weighted by molar-refractivity contribution is 6.34. The number of amides is 4. The summed E-state index contributed by atoms with van der Waals surface area (Å²) in [5.74, 6) is -2.04. The third-order valence-electron chi connectivity index (χ3n) is 5.19. The minimum Gasteiger partial charge on any atom is -0.366 e. The van der Waals surface area contributed by atoms with Gasteiger partial charge in [0.05, 0.1) is 21.7 Å². The number of hydrogen-bond acceptors (Lipinski definition) is 4. The normalized spacial score (nSPS) is 12.6. The first-order valence-corrected chi connectivity index (χ1v) is 10.2. The molecule has 1 aliphatic rings. The van der Waals surface area contributed by atoms with E-state index in [2.05, 4.69) is 5.32 Å². The van der Waals surface area contributed by atoms with Crippen LogP contribution in [-0.2, 0) is 6.42 Å². The Morgan fingerprint density at radius 1 is 0.906 bits per heavy atom. The van der Waals surface area contributed by atoms with Crippen molar-refractivity contribution < 1.29 is 19.2 Å². The molecule has 0 radical (unpaired) electrons. The molecular formula is C24H18ClN3O4. The number of imide groups is 1. The fourth-order valence-corrected chi connectivity index (χ4v) is 3.73. The zero-order chi connectivity index (χ0) is 22.8. The number of nitrogens with one attached hydrogen (secondary N) is 1. The molecule has 8 heteroatoms. The second-order valence-electron chi connectivity index (χ2n) is 7.27. The zero-order valence-electron chi connectivity index (χ0n) is 16.8. The Morgan fingerprint density at radius 3 is 2.34 bits per heavy atom. The number of nitrogens with two attached hydrogens (primary N) is 1. The van der Waals surface area contributed by atoms with E-state index in [-0.39, 0.29) is 39.7 Å². The molecule has 0 aliphatic carbocycles. The summed E-state index contributed by atoms with van der Waals surface area (Å²) < 4.78 is 0. The highest BCUT2D eigenvalue weighted by Crippen LogP contribution is 2.25. The van der Waals surface area contributed by atoms with E-state index in [1.807, 2.05) is 30.3 Å². The molecule has 0 saturated heterocycles. The molecule has 0 unspecified atom stereocenters. The van der Waals surface area contributed by atoms with E-state index in [1.54, 1.807) is 0 Å². The van der Waals surface area contributed by atoms with Crippen molar-refractivity contribution in [3.05, 3.63) is 99.6 Å². The maximum absolute atomic E-state index is 12.8. The van der Waals surface area contributed by atoms with Crippen molar-refractivity contribution in [2.24, 2.45) is 5.73 Å². The molecule has 3 aromatic carbocycles. The summed E-state index contributed by atoms with van der Waals surface area (Å²) in [5, 5.41) is 2.81. The molecule has 0 spiro atoms. The average Bonchev–Trinajstić information content (AvgIpc) is 3.03. The van der Waals surface area contributed by atoms with Gasteiger partial charge in [0.25, 0.3) is 17.7 Å². The first-order chi connectivity index (χ1) is 15.3. The SMILES string of the molecule is NC(=O)c1cc(NC(=O)c2ccc3c(c2)C(=O)N(CCc2ccccc2)C3=O)ccc1Cl. The molecule has 32 heavy (non-hydrogen) atoms. The van der Waals surface area contributed by atoms with Gasteiger partial charge < -0.3 is 11.1 Å². The molecule has 0 saturated carbocycles. The Morgan fingerprint density at radius 2 is 1.62 bits per heavy atom. The number of carbonyl (C=O) groups is 4. The van der Waals surface area contributed by atoms with Gasteiger partial charge in [0.2, 0.25) is 5.91 Å². The van der Waals surface area contributed by atoms with Gasteiger partial charge in [-0.15, -0.1) is 0 Å². The fraction of sp³-hybridized carbons (Fsp3) is 0.0833. The van der Waals surface area contributed by atoms with Crippen LogP contribution in [0.1, 0.15) is 47.0 Å². The smallest absolute Gasteiger partial charge is 0.261 e. The molecule has 7 nitrogen and oxygen atoms in total. The van der Waals surface area contributed by atoms with Gasteiger partial charge in [0.1, 0.15) is 0 Å². The van der Waals surface area contributed by atoms with Crippen LogP contribution in [0.5, 0.6) is 0 Å². The van der Waals surface area contributed by atoms with Gasteiger partial charge >= 0.3 is 0 Å². The summed E-state index contributed by atoms with van der Waals surface area (Å²) >= 11 is 5.93. The van der Waals surface area contributed by atoms with Crippen molar-refractivity contribution in [1.29, 1.82) is 0 Å². The van der Waals surface area contributed by atoms with Crippen LogP contribution in [0.4, 0.5) is 5.69 Å². The van der Waals surface area contributed by atoms with Crippen LogP contribution >= 0.6 is 11.6 Å². The van der Waals surface area contributed by atoms with Gasteiger partial charge in [-0.3, -0.25) is 24.1 Å². The van der Waals surface area contributed by atoms with E-state index in [0.717, 1.165) is 5.56 Å². The van der Waals surface area contributed by atoms with E-state index < -0.39 is 17.7 Å². The predicted octanol–water partition coefficient (Wildman–Crippen LogP) is 3.53. The summed E-state index contributed by atoms with van der Waals surface area (Å²) in [6.07, 6.45) is 0.540. The van der Waals surface area contributed by atoms with Crippen molar-refractivity contribution in [2.75, 3.05) is 11.9 Å². The third kappa shape index (κ3) is 4.10. The standard InChI is InChI=1S/C24H18ClN3O4/c25-20-9-7-16(13-19(20)21(26)29)27-22(30)15-6-8-17-18(12-15)24(32)28(23(17)31)11-10-14-4-2-1-3-5-14/h1-9,12-13H,10-11H2,(H2,26,29)(H,27,30). The van der Waals surface area contributed by atoms with Crippen molar-refractivity contribution >= 4 is 40.9 Å². The fourth-order valence-electron chi connectivity index (χ4n) is 3.52. The molecule has 0 atom stereocenters. The average molecular weight is 448 g/mol. The predicted molar refractivity (Wildman–Crippen MR) is 120 cm³/mol. The third-order valence-corrected chi connectivity index (χ3v) is 5.52. The van der Waals surface area contributed by atoms with Crippen molar-refractivity contribution in [3.63, 3.8) is 0 Å². The number of primary amides is 1. The van der Waals surface area contributed by atoms with Gasteiger partial charge in [-0.05, 0) is 48.4 Å². The number of benzene rings is 3. The number of hydrogen-bond donors (Lipinski definition) is 2. The molecule has 4 rings (SSSR count). The largest absolute Gasteiger partial charge is 0.366 e. The lowest BCUT2D eigenvalue weighted by Gasteiger charge is -2.13. The van der Waals surface area contributed by atoms with Crippen LogP contribution in [-0.4, -0.2) is 35.1 Å². The Labute approximate surface area is 188 Å². The molecule has 4 amide bonds. The van der Waals surface area contributed by atoms with Crippen molar-refractivity contribution in [3.8, 4) is 0 Å². The van der Waals surface area contributed by atoms with Crippen LogP contribution in [0.15, 0.2) is 66.7 Å². The monoisotopic (exact) mass is 447 g/mol. The lowest BCUT2D eigenvalue weighted by Crippen LogP contribution is -2.31. The maximum Gasteiger partial charge on any atom is 0.261 e. The first-order valence-electron chi connectivity index (χ1n) is 9.80. The second kappa shape index (κ2) is 8.64. The summed E-state index contributed by atoms with van der Waals surface area (Å²) in [4.78, 5) is 50.8. The number of carbonyl (C=O) groups excluding carboxylic acids is 4. The maximum atomic E-state index is 12.8. The summed E-state index contributed by atoms with van der Waals surface area (Å²) in [7, 11) is 0. The summed E-state index contributed by atoms with van der Waals surface area (Å²) in [6, 6.07) is 18.3. The molecule has 0 aromatic heterocycles. The Hall–Kier alpha value is -3.97. The quantitative estimate of drug-likeness (QED) is 0.563. The molecule has 160 valence electrons. The van der Waals surface area contributed by atoms with E-state index in [0.29, 0.717) is 12.1 Å². The van der Waals surface area contributed by atoms with Crippen LogP contribution in [0.25, 0.3) is 0 Å². The van der Waals surface area contributed by atoms with Crippen LogP contribution < -0.4 is 11.1 Å². The zero-order valence-corrected chi connectivity index (χ0v) is 17.6. The second-order valence-corrected chi connectivity index (χ2v) is 7.68.